The number of rotatable bonds is 4. The first-order valence-electron chi connectivity index (χ1n) is 5.49. The zero-order valence-corrected chi connectivity index (χ0v) is 11.1. The van der Waals surface area contributed by atoms with E-state index in [4.69, 9.17) is 0 Å². The summed E-state index contributed by atoms with van der Waals surface area (Å²) >= 11 is 0. The van der Waals surface area contributed by atoms with Crippen LogP contribution in [0.15, 0.2) is 30.3 Å². The number of ketones is 1. The lowest BCUT2D eigenvalue weighted by Crippen LogP contribution is -2.45. The Morgan fingerprint density at radius 1 is 1.27 bits per heavy atom. The topological polar surface area (TPSA) is 17.1 Å². The predicted molar refractivity (Wildman–Crippen MR) is 68.3 cm³/mol. The Hall–Kier alpha value is -0.893. The summed E-state index contributed by atoms with van der Waals surface area (Å²) < 4.78 is 0. The van der Waals surface area contributed by atoms with Crippen molar-refractivity contribution in [2.45, 2.75) is 38.9 Å². The van der Waals surface area contributed by atoms with Gasteiger partial charge in [0.15, 0.2) is 0 Å². The SMILES string of the molecule is CC(=O)CC(C)[Si](C)(C)c1ccccc1. The lowest BCUT2D eigenvalue weighted by atomic mass is 10.2. The van der Waals surface area contributed by atoms with Gasteiger partial charge in [-0.15, -0.1) is 0 Å². The van der Waals surface area contributed by atoms with Crippen molar-refractivity contribution in [2.24, 2.45) is 0 Å². The van der Waals surface area contributed by atoms with Crippen LogP contribution < -0.4 is 5.19 Å². The molecule has 0 N–H and O–H groups in total. The van der Waals surface area contributed by atoms with Gasteiger partial charge in [-0.1, -0.05) is 55.5 Å². The van der Waals surface area contributed by atoms with Crippen LogP contribution >= 0.6 is 0 Å². The summed E-state index contributed by atoms with van der Waals surface area (Å²) in [6.07, 6.45) is 0.716. The number of carbonyl (C=O) groups excluding carboxylic acids is 1. The summed E-state index contributed by atoms with van der Waals surface area (Å²) in [5.74, 6) is 0.305. The highest BCUT2D eigenvalue weighted by molar-refractivity contribution is 6.91. The van der Waals surface area contributed by atoms with Crippen molar-refractivity contribution in [1.82, 2.24) is 0 Å². The number of hydrogen-bond donors (Lipinski definition) is 0. The Labute approximate surface area is 93.5 Å². The summed E-state index contributed by atoms with van der Waals surface area (Å²) in [4.78, 5) is 11.2. The third-order valence-corrected chi connectivity index (χ3v) is 7.83. The molecule has 1 atom stereocenters. The standard InChI is InChI=1S/C13H20OSi/c1-11(14)10-12(2)15(3,4)13-8-6-5-7-9-13/h5-9,12H,10H2,1-4H3. The molecule has 0 spiro atoms. The summed E-state index contributed by atoms with van der Waals surface area (Å²) in [6, 6.07) is 10.6. The van der Waals surface area contributed by atoms with Crippen LogP contribution in [-0.4, -0.2) is 13.9 Å². The Morgan fingerprint density at radius 3 is 2.27 bits per heavy atom. The molecule has 0 aliphatic rings. The third-order valence-electron chi connectivity index (χ3n) is 3.34. The van der Waals surface area contributed by atoms with E-state index in [1.807, 2.05) is 6.07 Å². The number of Topliss-reactive ketones (excluding diaryl/α,β-unsaturated/α-hetero) is 1. The number of benzene rings is 1. The van der Waals surface area contributed by atoms with E-state index in [0.29, 0.717) is 17.7 Å². The van der Waals surface area contributed by atoms with Gasteiger partial charge in [-0.25, -0.2) is 0 Å². The first-order valence-corrected chi connectivity index (χ1v) is 8.57. The Bertz CT molecular complexity index is 330. The second kappa shape index (κ2) is 4.75. The molecule has 1 aromatic rings. The number of carbonyl (C=O) groups is 1. The monoisotopic (exact) mass is 220 g/mol. The minimum atomic E-state index is -1.47. The average molecular weight is 220 g/mol. The molecule has 1 rings (SSSR count). The second-order valence-corrected chi connectivity index (χ2v) is 9.90. The number of hydrogen-bond acceptors (Lipinski definition) is 1. The molecule has 0 aliphatic carbocycles. The molecule has 0 fully saturated rings. The molecular weight excluding hydrogens is 200 g/mol. The van der Waals surface area contributed by atoms with Crippen molar-refractivity contribution in [2.75, 3.05) is 0 Å². The van der Waals surface area contributed by atoms with E-state index in [2.05, 4.69) is 44.3 Å². The maximum absolute atomic E-state index is 11.2. The fraction of sp³-hybridized carbons (Fsp3) is 0.462. The maximum Gasteiger partial charge on any atom is 0.129 e. The van der Waals surface area contributed by atoms with Crippen molar-refractivity contribution >= 4 is 19.0 Å². The van der Waals surface area contributed by atoms with Gasteiger partial charge in [-0.3, -0.25) is 0 Å². The molecule has 0 saturated heterocycles. The zero-order valence-electron chi connectivity index (χ0n) is 10.1. The van der Waals surface area contributed by atoms with Crippen molar-refractivity contribution in [3.8, 4) is 0 Å². The van der Waals surface area contributed by atoms with Gasteiger partial charge in [-0.2, -0.15) is 0 Å². The van der Waals surface area contributed by atoms with Gasteiger partial charge in [0.05, 0.1) is 8.07 Å². The van der Waals surface area contributed by atoms with E-state index in [-0.39, 0.29) is 0 Å². The van der Waals surface area contributed by atoms with Crippen LogP contribution in [0.1, 0.15) is 20.3 Å². The summed E-state index contributed by atoms with van der Waals surface area (Å²) in [5, 5.41) is 1.44. The fourth-order valence-corrected chi connectivity index (χ4v) is 4.26. The minimum absolute atomic E-state index is 0.305. The van der Waals surface area contributed by atoms with Gasteiger partial charge in [0.2, 0.25) is 0 Å². The molecular formula is C13H20OSi. The molecule has 1 unspecified atom stereocenters. The lowest BCUT2D eigenvalue weighted by molar-refractivity contribution is -0.117. The van der Waals surface area contributed by atoms with Crippen LogP contribution in [-0.2, 0) is 4.79 Å². The normalized spacial score (nSPS) is 13.6. The van der Waals surface area contributed by atoms with E-state index < -0.39 is 8.07 Å². The molecule has 0 amide bonds. The quantitative estimate of drug-likeness (QED) is 0.713. The van der Waals surface area contributed by atoms with E-state index in [1.165, 1.54) is 5.19 Å². The van der Waals surface area contributed by atoms with Crippen LogP contribution in [0.2, 0.25) is 18.6 Å². The summed E-state index contributed by atoms with van der Waals surface area (Å²) in [6.45, 7) is 8.58. The highest BCUT2D eigenvalue weighted by atomic mass is 28.3. The van der Waals surface area contributed by atoms with Crippen LogP contribution in [0.25, 0.3) is 0 Å². The molecule has 0 aliphatic heterocycles. The average Bonchev–Trinajstić information content (AvgIpc) is 2.18. The van der Waals surface area contributed by atoms with Crippen LogP contribution in [0.4, 0.5) is 0 Å². The molecule has 2 heteroatoms. The van der Waals surface area contributed by atoms with Crippen LogP contribution in [0.5, 0.6) is 0 Å². The van der Waals surface area contributed by atoms with Gasteiger partial charge in [-0.05, 0) is 12.5 Å². The van der Waals surface area contributed by atoms with Crippen molar-refractivity contribution < 1.29 is 4.79 Å². The van der Waals surface area contributed by atoms with E-state index in [1.54, 1.807) is 6.92 Å². The summed E-state index contributed by atoms with van der Waals surface area (Å²) in [7, 11) is -1.47. The van der Waals surface area contributed by atoms with Gasteiger partial charge in [0.1, 0.15) is 5.78 Å². The van der Waals surface area contributed by atoms with Crippen molar-refractivity contribution in [3.05, 3.63) is 30.3 Å². The summed E-state index contributed by atoms with van der Waals surface area (Å²) in [5.41, 5.74) is 0.511. The maximum atomic E-state index is 11.2. The lowest BCUT2D eigenvalue weighted by Gasteiger charge is -2.29. The molecule has 1 nitrogen and oxygen atoms in total. The highest BCUT2D eigenvalue weighted by Gasteiger charge is 2.30. The largest absolute Gasteiger partial charge is 0.300 e. The molecule has 15 heavy (non-hydrogen) atoms. The van der Waals surface area contributed by atoms with E-state index in [0.717, 1.165) is 0 Å². The Kier molecular flexibility index (Phi) is 3.86. The van der Waals surface area contributed by atoms with E-state index in [9.17, 15) is 4.79 Å². The Balaban J connectivity index is 2.87. The van der Waals surface area contributed by atoms with Gasteiger partial charge < -0.3 is 4.79 Å². The predicted octanol–water partition coefficient (Wildman–Crippen LogP) is 2.97. The highest BCUT2D eigenvalue weighted by Crippen LogP contribution is 2.24. The molecule has 0 bridgehead atoms. The van der Waals surface area contributed by atoms with Crippen molar-refractivity contribution in [3.63, 3.8) is 0 Å². The molecule has 0 radical (unpaired) electrons. The first-order chi connectivity index (χ1) is 6.94. The van der Waals surface area contributed by atoms with Crippen LogP contribution in [0, 0.1) is 0 Å². The first kappa shape index (κ1) is 12.2. The molecule has 82 valence electrons. The molecule has 0 saturated carbocycles. The van der Waals surface area contributed by atoms with Crippen molar-refractivity contribution in [1.29, 1.82) is 0 Å². The molecule has 1 aromatic carbocycles. The van der Waals surface area contributed by atoms with E-state index >= 15 is 0 Å². The fourth-order valence-electron chi connectivity index (χ4n) is 1.84. The van der Waals surface area contributed by atoms with Gasteiger partial charge in [0, 0.05) is 6.42 Å². The third kappa shape index (κ3) is 3.03. The van der Waals surface area contributed by atoms with Gasteiger partial charge >= 0.3 is 0 Å². The second-order valence-electron chi connectivity index (χ2n) is 4.89. The molecule has 0 aromatic heterocycles. The van der Waals surface area contributed by atoms with Crippen LogP contribution in [0.3, 0.4) is 0 Å². The smallest absolute Gasteiger partial charge is 0.129 e. The zero-order chi connectivity index (χ0) is 11.5. The Morgan fingerprint density at radius 2 is 1.80 bits per heavy atom. The molecule has 0 heterocycles. The minimum Gasteiger partial charge on any atom is -0.300 e. The van der Waals surface area contributed by atoms with Gasteiger partial charge in [0.25, 0.3) is 0 Å².